The van der Waals surface area contributed by atoms with Crippen LogP contribution in [0.5, 0.6) is 0 Å². The van der Waals surface area contributed by atoms with Gasteiger partial charge in [0.05, 0.1) is 0 Å². The molecule has 0 unspecified atom stereocenters. The number of benzene rings is 1. The molecule has 0 heterocycles. The van der Waals surface area contributed by atoms with Gasteiger partial charge in [-0.1, -0.05) is 6.07 Å². The summed E-state index contributed by atoms with van der Waals surface area (Å²) >= 11 is 4.19. The Bertz CT molecular complexity index is 307. The topological polar surface area (TPSA) is 12.0 Å². The van der Waals surface area contributed by atoms with Crippen LogP contribution in [0.25, 0.3) is 0 Å². The second kappa shape index (κ2) is 5.30. The van der Waals surface area contributed by atoms with Gasteiger partial charge in [-0.05, 0) is 55.7 Å². The van der Waals surface area contributed by atoms with Crippen molar-refractivity contribution in [1.29, 1.82) is 0 Å². The number of nitrogens with one attached hydrogen (secondary N) is 1. The fourth-order valence-corrected chi connectivity index (χ4v) is 1.61. The van der Waals surface area contributed by atoms with Crippen molar-refractivity contribution in [3.05, 3.63) is 28.8 Å². The monoisotopic (exact) mass is 209 g/mol. The maximum Gasteiger partial charge on any atom is 0.0372 e. The molecule has 0 fully saturated rings. The summed E-state index contributed by atoms with van der Waals surface area (Å²) in [6.07, 6.45) is 1.11. The van der Waals surface area contributed by atoms with Gasteiger partial charge in [0.1, 0.15) is 0 Å². The molecule has 0 aromatic heterocycles. The van der Waals surface area contributed by atoms with Gasteiger partial charge in [0, 0.05) is 12.2 Å². The van der Waals surface area contributed by atoms with Crippen LogP contribution in [0.3, 0.4) is 0 Å². The maximum absolute atomic E-state index is 4.19. The molecule has 78 valence electrons. The fraction of sp³-hybridized carbons (Fsp3) is 0.500. The van der Waals surface area contributed by atoms with Crippen molar-refractivity contribution in [1.82, 2.24) is 0 Å². The van der Waals surface area contributed by atoms with Gasteiger partial charge in [0.2, 0.25) is 0 Å². The van der Waals surface area contributed by atoms with Crippen LogP contribution in [-0.4, -0.2) is 12.3 Å². The summed E-state index contributed by atoms with van der Waals surface area (Å²) in [4.78, 5) is 0. The summed E-state index contributed by atoms with van der Waals surface area (Å²) in [5, 5.41) is 3.43. The Balaban J connectivity index is 2.72. The molecule has 0 aliphatic rings. The largest absolute Gasteiger partial charge is 0.385 e. The van der Waals surface area contributed by atoms with Gasteiger partial charge < -0.3 is 5.32 Å². The zero-order chi connectivity index (χ0) is 10.6. The average molecular weight is 209 g/mol. The molecule has 0 spiro atoms. The molecule has 0 bridgehead atoms. The predicted octanol–water partition coefficient (Wildman–Crippen LogP) is 3.34. The Morgan fingerprint density at radius 1 is 1.07 bits per heavy atom. The van der Waals surface area contributed by atoms with Crippen LogP contribution in [-0.2, 0) is 0 Å². The first-order valence-electron chi connectivity index (χ1n) is 5.07. The quantitative estimate of drug-likeness (QED) is 0.572. The lowest BCUT2D eigenvalue weighted by molar-refractivity contribution is 0.992. The highest BCUT2D eigenvalue weighted by molar-refractivity contribution is 7.80. The van der Waals surface area contributed by atoms with Crippen molar-refractivity contribution >= 4 is 18.3 Å². The summed E-state index contributed by atoms with van der Waals surface area (Å²) in [5.41, 5.74) is 5.30. The zero-order valence-corrected chi connectivity index (χ0v) is 10.1. The van der Waals surface area contributed by atoms with Crippen LogP contribution < -0.4 is 5.32 Å². The summed E-state index contributed by atoms with van der Waals surface area (Å²) in [6, 6.07) is 4.46. The summed E-state index contributed by atoms with van der Waals surface area (Å²) in [5.74, 6) is 0.941. The Morgan fingerprint density at radius 2 is 1.71 bits per heavy atom. The van der Waals surface area contributed by atoms with Gasteiger partial charge in [-0.3, -0.25) is 0 Å². The first-order chi connectivity index (χ1) is 6.65. The molecule has 1 aromatic carbocycles. The van der Waals surface area contributed by atoms with Crippen molar-refractivity contribution in [2.24, 2.45) is 0 Å². The van der Waals surface area contributed by atoms with Gasteiger partial charge in [0.25, 0.3) is 0 Å². The van der Waals surface area contributed by atoms with Gasteiger partial charge in [-0.15, -0.1) is 0 Å². The molecule has 1 nitrogen and oxygen atoms in total. The first-order valence-corrected chi connectivity index (χ1v) is 5.71. The third kappa shape index (κ3) is 2.95. The summed E-state index contributed by atoms with van der Waals surface area (Å²) < 4.78 is 0. The smallest absolute Gasteiger partial charge is 0.0372 e. The second-order valence-electron chi connectivity index (χ2n) is 3.76. The van der Waals surface area contributed by atoms with E-state index < -0.39 is 0 Å². The van der Waals surface area contributed by atoms with E-state index in [1.807, 2.05) is 0 Å². The molecule has 0 saturated carbocycles. The molecule has 1 N–H and O–H groups in total. The molecule has 0 saturated heterocycles. The van der Waals surface area contributed by atoms with E-state index in [1.54, 1.807) is 0 Å². The minimum absolute atomic E-state index is 0.941. The van der Waals surface area contributed by atoms with Crippen LogP contribution >= 0.6 is 12.6 Å². The van der Waals surface area contributed by atoms with Gasteiger partial charge in [-0.25, -0.2) is 0 Å². The Hall–Kier alpha value is -0.630. The van der Waals surface area contributed by atoms with E-state index >= 15 is 0 Å². The molecular formula is C12H19NS. The van der Waals surface area contributed by atoms with Crippen LogP contribution in [0.15, 0.2) is 12.1 Å². The number of anilines is 1. The number of aryl methyl sites for hydroxylation is 3. The zero-order valence-electron chi connectivity index (χ0n) is 9.22. The lowest BCUT2D eigenvalue weighted by Gasteiger charge is -2.11. The van der Waals surface area contributed by atoms with Crippen molar-refractivity contribution in [3.63, 3.8) is 0 Å². The molecule has 0 aliphatic carbocycles. The van der Waals surface area contributed by atoms with E-state index in [-0.39, 0.29) is 0 Å². The SMILES string of the molecule is Cc1cc(C)c(NCCCS)cc1C. The molecule has 1 aromatic rings. The fourth-order valence-electron chi connectivity index (χ4n) is 1.45. The Labute approximate surface area is 92.3 Å². The third-order valence-corrected chi connectivity index (χ3v) is 2.81. The number of thiol groups is 1. The van der Waals surface area contributed by atoms with Crippen LogP contribution in [0.4, 0.5) is 5.69 Å². The summed E-state index contributed by atoms with van der Waals surface area (Å²) in [7, 11) is 0. The first kappa shape index (κ1) is 11.4. The van der Waals surface area contributed by atoms with Crippen LogP contribution in [0, 0.1) is 20.8 Å². The molecular weight excluding hydrogens is 190 g/mol. The van der Waals surface area contributed by atoms with Crippen molar-refractivity contribution in [2.45, 2.75) is 27.2 Å². The maximum atomic E-state index is 4.19. The van der Waals surface area contributed by atoms with Crippen molar-refractivity contribution < 1.29 is 0 Å². The summed E-state index contributed by atoms with van der Waals surface area (Å²) in [6.45, 7) is 7.46. The van der Waals surface area contributed by atoms with E-state index in [2.05, 4.69) is 50.8 Å². The Morgan fingerprint density at radius 3 is 2.36 bits per heavy atom. The molecule has 0 atom stereocenters. The highest BCUT2D eigenvalue weighted by Gasteiger charge is 2.00. The molecule has 14 heavy (non-hydrogen) atoms. The normalized spacial score (nSPS) is 10.3. The second-order valence-corrected chi connectivity index (χ2v) is 4.20. The molecule has 2 heteroatoms. The molecule has 0 aliphatic heterocycles. The number of hydrogen-bond acceptors (Lipinski definition) is 2. The number of rotatable bonds is 4. The number of hydrogen-bond donors (Lipinski definition) is 2. The average Bonchev–Trinajstić information content (AvgIpc) is 2.14. The van der Waals surface area contributed by atoms with Gasteiger partial charge in [0.15, 0.2) is 0 Å². The van der Waals surface area contributed by atoms with E-state index in [1.165, 1.54) is 22.4 Å². The van der Waals surface area contributed by atoms with E-state index in [0.29, 0.717) is 0 Å². The highest BCUT2D eigenvalue weighted by atomic mass is 32.1. The standard InChI is InChI=1S/C12H19NS/c1-9-7-11(3)12(8-10(9)2)13-5-4-6-14/h7-8,13-14H,4-6H2,1-3H3. The molecule has 0 amide bonds. The highest BCUT2D eigenvalue weighted by Crippen LogP contribution is 2.19. The minimum Gasteiger partial charge on any atom is -0.385 e. The van der Waals surface area contributed by atoms with E-state index in [0.717, 1.165) is 18.7 Å². The third-order valence-electron chi connectivity index (χ3n) is 2.49. The van der Waals surface area contributed by atoms with E-state index in [4.69, 9.17) is 0 Å². The predicted molar refractivity (Wildman–Crippen MR) is 67.6 cm³/mol. The minimum atomic E-state index is 0.941. The van der Waals surface area contributed by atoms with Crippen molar-refractivity contribution in [2.75, 3.05) is 17.6 Å². The molecule has 0 radical (unpaired) electrons. The lowest BCUT2D eigenvalue weighted by Crippen LogP contribution is -2.04. The van der Waals surface area contributed by atoms with E-state index in [9.17, 15) is 0 Å². The van der Waals surface area contributed by atoms with Crippen LogP contribution in [0.2, 0.25) is 0 Å². The Kier molecular flexibility index (Phi) is 4.33. The molecule has 1 rings (SSSR count). The van der Waals surface area contributed by atoms with Crippen LogP contribution in [0.1, 0.15) is 23.1 Å². The lowest BCUT2D eigenvalue weighted by atomic mass is 10.0. The van der Waals surface area contributed by atoms with Crippen molar-refractivity contribution in [3.8, 4) is 0 Å². The van der Waals surface area contributed by atoms with Gasteiger partial charge >= 0.3 is 0 Å². The van der Waals surface area contributed by atoms with Gasteiger partial charge in [-0.2, -0.15) is 12.6 Å².